The molecule has 0 bridgehead atoms. The summed E-state index contributed by atoms with van der Waals surface area (Å²) in [6.45, 7) is 2.53. The van der Waals surface area contributed by atoms with E-state index >= 15 is 0 Å². The standard InChI is InChI=1S/C23H26N6O4/c1-3-15-6-4-8-18(10-15)33-14-17(30)13-29-19-20(28(2)23(32)27-21(19)31)26-22(29)25-12-16-7-5-9-24-11-16/h4-11,17,30H,3,12-14H2,1-2H3,(H,25,26)(H,27,31,32). The number of aromatic nitrogens is 5. The van der Waals surface area contributed by atoms with E-state index in [-0.39, 0.29) is 24.3 Å². The second-order valence-electron chi connectivity index (χ2n) is 7.72. The van der Waals surface area contributed by atoms with Gasteiger partial charge in [-0.05, 0) is 35.7 Å². The highest BCUT2D eigenvalue weighted by atomic mass is 16.5. The van der Waals surface area contributed by atoms with Crippen molar-refractivity contribution in [2.24, 2.45) is 7.05 Å². The van der Waals surface area contributed by atoms with E-state index in [1.165, 1.54) is 11.6 Å². The summed E-state index contributed by atoms with van der Waals surface area (Å²) >= 11 is 0. The van der Waals surface area contributed by atoms with Gasteiger partial charge in [0.25, 0.3) is 5.56 Å². The highest BCUT2D eigenvalue weighted by molar-refractivity contribution is 5.74. The second kappa shape index (κ2) is 9.70. The number of aromatic amines is 1. The van der Waals surface area contributed by atoms with Crippen LogP contribution in [-0.2, 0) is 26.6 Å². The number of pyridine rings is 1. The van der Waals surface area contributed by atoms with Gasteiger partial charge in [0.15, 0.2) is 11.2 Å². The summed E-state index contributed by atoms with van der Waals surface area (Å²) in [7, 11) is 1.53. The van der Waals surface area contributed by atoms with Crippen LogP contribution in [0, 0.1) is 0 Å². The van der Waals surface area contributed by atoms with Crippen LogP contribution in [0.4, 0.5) is 5.95 Å². The first kappa shape index (κ1) is 22.3. The number of H-pyrrole nitrogens is 1. The molecule has 3 aromatic heterocycles. The molecule has 3 heterocycles. The number of nitrogens with one attached hydrogen (secondary N) is 2. The van der Waals surface area contributed by atoms with E-state index in [9.17, 15) is 14.7 Å². The van der Waals surface area contributed by atoms with Crippen molar-refractivity contribution >= 4 is 17.1 Å². The summed E-state index contributed by atoms with van der Waals surface area (Å²) in [5, 5.41) is 13.9. The van der Waals surface area contributed by atoms with Crippen molar-refractivity contribution in [3.63, 3.8) is 0 Å². The first-order valence-electron chi connectivity index (χ1n) is 10.7. The average molecular weight is 450 g/mol. The Morgan fingerprint density at radius 2 is 2.03 bits per heavy atom. The van der Waals surface area contributed by atoms with Gasteiger partial charge < -0.3 is 19.7 Å². The summed E-state index contributed by atoms with van der Waals surface area (Å²) in [4.78, 5) is 35.5. The Kier molecular flexibility index (Phi) is 6.55. The van der Waals surface area contributed by atoms with Crippen molar-refractivity contribution in [3.8, 4) is 5.75 Å². The third-order valence-electron chi connectivity index (χ3n) is 5.32. The van der Waals surface area contributed by atoms with Gasteiger partial charge in [-0.3, -0.25) is 19.3 Å². The molecule has 0 aliphatic carbocycles. The molecule has 0 saturated heterocycles. The first-order chi connectivity index (χ1) is 16.0. The molecular weight excluding hydrogens is 424 g/mol. The van der Waals surface area contributed by atoms with Gasteiger partial charge in [-0.1, -0.05) is 25.1 Å². The number of aliphatic hydroxyl groups excluding tert-OH is 1. The molecule has 1 atom stereocenters. The Bertz CT molecular complexity index is 1360. The molecule has 4 aromatic rings. The molecule has 0 fully saturated rings. The quantitative estimate of drug-likeness (QED) is 0.352. The van der Waals surface area contributed by atoms with Crippen LogP contribution < -0.4 is 21.3 Å². The predicted molar refractivity (Wildman–Crippen MR) is 124 cm³/mol. The zero-order chi connectivity index (χ0) is 23.4. The summed E-state index contributed by atoms with van der Waals surface area (Å²) in [5.74, 6) is 1.02. The number of nitrogens with zero attached hydrogens (tertiary/aromatic N) is 4. The molecule has 4 rings (SSSR count). The number of fused-ring (bicyclic) bond motifs is 1. The van der Waals surface area contributed by atoms with Crippen molar-refractivity contribution in [1.29, 1.82) is 0 Å². The Balaban J connectivity index is 1.60. The van der Waals surface area contributed by atoms with E-state index < -0.39 is 17.4 Å². The van der Waals surface area contributed by atoms with Crippen molar-refractivity contribution < 1.29 is 9.84 Å². The molecule has 0 aliphatic rings. The summed E-state index contributed by atoms with van der Waals surface area (Å²) in [6.07, 6.45) is 3.35. The highest BCUT2D eigenvalue weighted by Crippen LogP contribution is 2.18. The van der Waals surface area contributed by atoms with Crippen LogP contribution >= 0.6 is 0 Å². The van der Waals surface area contributed by atoms with Gasteiger partial charge in [0, 0.05) is 26.0 Å². The molecule has 1 unspecified atom stereocenters. The van der Waals surface area contributed by atoms with E-state index in [1.807, 2.05) is 36.4 Å². The molecule has 0 amide bonds. The molecule has 0 saturated carbocycles. The SMILES string of the molecule is CCc1cccc(OCC(O)Cn2c(NCc3cccnc3)nc3c2c(=O)[nH]c(=O)n3C)c1. The molecular formula is C23H26N6O4. The van der Waals surface area contributed by atoms with Crippen molar-refractivity contribution in [2.45, 2.75) is 32.5 Å². The minimum absolute atomic E-state index is 0.0263. The number of rotatable bonds is 9. The lowest BCUT2D eigenvalue weighted by Crippen LogP contribution is -2.31. The van der Waals surface area contributed by atoms with Gasteiger partial charge in [0.2, 0.25) is 5.95 Å². The molecule has 10 heteroatoms. The van der Waals surface area contributed by atoms with Crippen LogP contribution in [0.3, 0.4) is 0 Å². The van der Waals surface area contributed by atoms with Gasteiger partial charge >= 0.3 is 5.69 Å². The fraction of sp³-hybridized carbons (Fsp3) is 0.304. The number of hydrogen-bond acceptors (Lipinski definition) is 7. The number of aliphatic hydroxyl groups is 1. The van der Waals surface area contributed by atoms with Gasteiger partial charge in [-0.25, -0.2) is 4.79 Å². The van der Waals surface area contributed by atoms with Crippen LogP contribution in [0.2, 0.25) is 0 Å². The van der Waals surface area contributed by atoms with Gasteiger partial charge in [-0.2, -0.15) is 4.98 Å². The molecule has 33 heavy (non-hydrogen) atoms. The molecule has 10 nitrogen and oxygen atoms in total. The number of ether oxygens (including phenoxy) is 1. The van der Waals surface area contributed by atoms with Gasteiger partial charge in [-0.15, -0.1) is 0 Å². The number of aryl methyl sites for hydroxylation is 2. The minimum Gasteiger partial charge on any atom is -0.491 e. The molecule has 3 N–H and O–H groups in total. The number of benzene rings is 1. The van der Waals surface area contributed by atoms with Gasteiger partial charge in [0.1, 0.15) is 18.5 Å². The monoisotopic (exact) mass is 450 g/mol. The van der Waals surface area contributed by atoms with Crippen LogP contribution in [-0.4, -0.2) is 41.9 Å². The molecule has 0 spiro atoms. The van der Waals surface area contributed by atoms with Crippen LogP contribution in [0.15, 0.2) is 58.4 Å². The van der Waals surface area contributed by atoms with E-state index in [2.05, 4.69) is 27.2 Å². The lowest BCUT2D eigenvalue weighted by atomic mass is 10.2. The highest BCUT2D eigenvalue weighted by Gasteiger charge is 2.20. The van der Waals surface area contributed by atoms with Crippen molar-refractivity contribution in [2.75, 3.05) is 11.9 Å². The lowest BCUT2D eigenvalue weighted by molar-refractivity contribution is 0.0938. The van der Waals surface area contributed by atoms with E-state index in [1.54, 1.807) is 17.0 Å². The Hall–Kier alpha value is -3.92. The number of hydrogen-bond donors (Lipinski definition) is 3. The van der Waals surface area contributed by atoms with Crippen molar-refractivity contribution in [1.82, 2.24) is 24.1 Å². The average Bonchev–Trinajstić information content (AvgIpc) is 3.19. The molecule has 1 aromatic carbocycles. The van der Waals surface area contributed by atoms with Crippen LogP contribution in [0.5, 0.6) is 5.75 Å². The normalized spacial score (nSPS) is 12.1. The smallest absolute Gasteiger partial charge is 0.329 e. The number of anilines is 1. The number of imidazole rings is 1. The largest absolute Gasteiger partial charge is 0.491 e. The summed E-state index contributed by atoms with van der Waals surface area (Å²) in [6, 6.07) is 11.4. The third kappa shape index (κ3) is 4.96. The summed E-state index contributed by atoms with van der Waals surface area (Å²) < 4.78 is 8.60. The van der Waals surface area contributed by atoms with Crippen LogP contribution in [0.1, 0.15) is 18.1 Å². The fourth-order valence-corrected chi connectivity index (χ4v) is 3.54. The molecule has 0 radical (unpaired) electrons. The zero-order valence-electron chi connectivity index (χ0n) is 18.5. The second-order valence-corrected chi connectivity index (χ2v) is 7.72. The topological polar surface area (TPSA) is 127 Å². The Labute approximate surface area is 189 Å². The third-order valence-corrected chi connectivity index (χ3v) is 5.32. The van der Waals surface area contributed by atoms with Crippen LogP contribution in [0.25, 0.3) is 11.2 Å². The zero-order valence-corrected chi connectivity index (χ0v) is 18.5. The Morgan fingerprint density at radius 3 is 2.79 bits per heavy atom. The lowest BCUT2D eigenvalue weighted by Gasteiger charge is -2.16. The molecule has 172 valence electrons. The maximum Gasteiger partial charge on any atom is 0.329 e. The summed E-state index contributed by atoms with van der Waals surface area (Å²) in [5.41, 5.74) is 1.34. The maximum absolute atomic E-state index is 12.6. The van der Waals surface area contributed by atoms with Crippen molar-refractivity contribution in [3.05, 3.63) is 80.8 Å². The van der Waals surface area contributed by atoms with Gasteiger partial charge in [0.05, 0.1) is 6.54 Å². The van der Waals surface area contributed by atoms with E-state index in [0.717, 1.165) is 17.5 Å². The van der Waals surface area contributed by atoms with E-state index in [4.69, 9.17) is 4.74 Å². The molecule has 0 aliphatic heterocycles. The van der Waals surface area contributed by atoms with E-state index in [0.29, 0.717) is 18.2 Å². The first-order valence-corrected chi connectivity index (χ1v) is 10.7. The maximum atomic E-state index is 12.6. The fourth-order valence-electron chi connectivity index (χ4n) is 3.54. The Morgan fingerprint density at radius 1 is 1.21 bits per heavy atom. The predicted octanol–water partition coefficient (Wildman–Crippen LogP) is 1.43. The minimum atomic E-state index is -0.928.